The topological polar surface area (TPSA) is 62.9 Å². The van der Waals surface area contributed by atoms with Crippen molar-refractivity contribution in [1.82, 2.24) is 4.57 Å². The van der Waals surface area contributed by atoms with Crippen LogP contribution in [0.15, 0.2) is 59.2 Å². The van der Waals surface area contributed by atoms with Crippen LogP contribution < -0.4 is 0 Å². The molecular formula is C16H15BrN2O2S. The van der Waals surface area contributed by atoms with Gasteiger partial charge in [-0.15, -0.1) is 0 Å². The molecule has 2 aromatic carbocycles. The maximum Gasteiger partial charge on any atom is 0.308 e. The van der Waals surface area contributed by atoms with Crippen LogP contribution in [-0.4, -0.2) is 13.0 Å². The molecule has 1 aromatic heterocycles. The van der Waals surface area contributed by atoms with E-state index in [4.69, 9.17) is 13.2 Å². The van der Waals surface area contributed by atoms with Crippen LogP contribution in [0.5, 0.6) is 0 Å². The molecule has 4 nitrogen and oxygen atoms in total. The van der Waals surface area contributed by atoms with E-state index in [9.17, 15) is 0 Å². The van der Waals surface area contributed by atoms with Crippen molar-refractivity contribution in [1.29, 1.82) is 4.78 Å². The molecule has 0 saturated carbocycles. The van der Waals surface area contributed by atoms with Crippen molar-refractivity contribution in [3.05, 3.63) is 70.3 Å². The predicted molar refractivity (Wildman–Crippen MR) is 91.6 cm³/mol. The first-order valence-electron chi connectivity index (χ1n) is 6.57. The van der Waals surface area contributed by atoms with Gasteiger partial charge in [0.15, 0.2) is 0 Å². The Morgan fingerprint density at radius 2 is 1.77 bits per heavy atom. The summed E-state index contributed by atoms with van der Waals surface area (Å²) in [5.41, 5.74) is 3.92. The Labute approximate surface area is 139 Å². The van der Waals surface area contributed by atoms with Gasteiger partial charge in [-0.05, 0) is 36.2 Å². The molecule has 114 valence electrons. The van der Waals surface area contributed by atoms with Gasteiger partial charge in [-0.3, -0.25) is 0 Å². The summed E-state index contributed by atoms with van der Waals surface area (Å²) >= 11 is 3.57. The van der Waals surface area contributed by atoms with Crippen molar-refractivity contribution in [2.75, 3.05) is 0 Å². The Bertz CT molecular complexity index is 881. The number of nitrogens with one attached hydrogen (secondary N) is 1. The fraction of sp³-hybridized carbons (Fsp3) is 0.125. The highest BCUT2D eigenvalue weighted by Gasteiger charge is 2.05. The Morgan fingerprint density at radius 1 is 1.14 bits per heavy atom. The molecule has 0 saturated heterocycles. The lowest BCUT2D eigenvalue weighted by molar-refractivity contribution is 0.620. The second-order valence-electron chi connectivity index (χ2n) is 4.82. The minimum atomic E-state index is -2.61. The molecule has 3 rings (SSSR count). The molecule has 3 aromatic rings. The first-order chi connectivity index (χ1) is 10.5. The monoisotopic (exact) mass is 378 g/mol. The van der Waals surface area contributed by atoms with E-state index in [2.05, 4.69) is 82.1 Å². The number of hydrogen-bond donors (Lipinski definition) is 1. The predicted octanol–water partition coefficient (Wildman–Crippen LogP) is 4.39. The van der Waals surface area contributed by atoms with Crippen LogP contribution in [0.1, 0.15) is 11.1 Å². The van der Waals surface area contributed by atoms with Crippen molar-refractivity contribution in [2.45, 2.75) is 13.5 Å². The minimum absolute atomic E-state index is 0.917. The molecule has 0 bridgehead atoms. The number of fused-ring (bicyclic) bond motifs is 1. The van der Waals surface area contributed by atoms with Gasteiger partial charge in [-0.2, -0.15) is 13.2 Å². The average Bonchev–Trinajstić information content (AvgIpc) is 2.83. The van der Waals surface area contributed by atoms with Crippen LogP contribution in [-0.2, 0) is 17.0 Å². The molecule has 0 amide bonds. The maximum absolute atomic E-state index is 8.67. The maximum atomic E-state index is 8.67. The van der Waals surface area contributed by atoms with Crippen molar-refractivity contribution < 1.29 is 8.42 Å². The van der Waals surface area contributed by atoms with Gasteiger partial charge in [0.25, 0.3) is 0 Å². The van der Waals surface area contributed by atoms with Gasteiger partial charge in [0.05, 0.1) is 0 Å². The Morgan fingerprint density at radius 3 is 2.41 bits per heavy atom. The molecule has 0 atom stereocenters. The van der Waals surface area contributed by atoms with Gasteiger partial charge >= 0.3 is 10.5 Å². The van der Waals surface area contributed by atoms with Crippen LogP contribution >= 0.6 is 15.9 Å². The van der Waals surface area contributed by atoms with Gasteiger partial charge in [0.1, 0.15) is 0 Å². The van der Waals surface area contributed by atoms with Crippen molar-refractivity contribution in [3.63, 3.8) is 0 Å². The van der Waals surface area contributed by atoms with Crippen LogP contribution in [0.2, 0.25) is 0 Å². The highest BCUT2D eigenvalue weighted by Crippen LogP contribution is 2.25. The van der Waals surface area contributed by atoms with Gasteiger partial charge in [-0.1, -0.05) is 46.3 Å². The van der Waals surface area contributed by atoms with E-state index in [1.54, 1.807) is 0 Å². The summed E-state index contributed by atoms with van der Waals surface area (Å²) in [5, 5.41) is 1.33. The molecule has 0 fully saturated rings. The zero-order valence-corrected chi connectivity index (χ0v) is 14.4. The minimum Gasteiger partial charge on any atom is -0.343 e. The first kappa shape index (κ1) is 16.5. The van der Waals surface area contributed by atoms with E-state index in [1.807, 2.05) is 0 Å². The summed E-state index contributed by atoms with van der Waals surface area (Å²) in [7, 11) is -2.61. The summed E-state index contributed by atoms with van der Waals surface area (Å²) < 4.78 is 26.3. The Kier molecular flexibility index (Phi) is 5.51. The van der Waals surface area contributed by atoms with Crippen LogP contribution in [0.3, 0.4) is 0 Å². The molecule has 0 aliphatic carbocycles. The lowest BCUT2D eigenvalue weighted by Crippen LogP contribution is -1.97. The molecule has 1 heterocycles. The van der Waals surface area contributed by atoms with Crippen LogP contribution in [0.4, 0.5) is 0 Å². The normalized spacial score (nSPS) is 10.1. The molecule has 22 heavy (non-hydrogen) atoms. The standard InChI is InChI=1S/C16H14BrN.HNO2S/c1-12-9-14(17)10-16-15(12)7-8-18(16)11-13-5-3-2-4-6-13;1-4(2)3/h2-10H,11H2,1H3;1H. The zero-order chi connectivity index (χ0) is 16.1. The summed E-state index contributed by atoms with van der Waals surface area (Å²) in [5.74, 6) is 0. The third kappa shape index (κ3) is 4.29. The average molecular weight is 379 g/mol. The fourth-order valence-corrected chi connectivity index (χ4v) is 2.91. The second kappa shape index (κ2) is 7.38. The first-order valence-corrected chi connectivity index (χ1v) is 8.43. The fourth-order valence-electron chi connectivity index (χ4n) is 2.35. The molecule has 0 aliphatic rings. The van der Waals surface area contributed by atoms with Gasteiger partial charge < -0.3 is 4.57 Å². The smallest absolute Gasteiger partial charge is 0.308 e. The molecule has 1 N–H and O–H groups in total. The second-order valence-corrected chi connectivity index (χ2v) is 6.20. The van der Waals surface area contributed by atoms with E-state index in [0.717, 1.165) is 11.0 Å². The highest BCUT2D eigenvalue weighted by molar-refractivity contribution is 9.10. The lowest BCUT2D eigenvalue weighted by atomic mass is 10.1. The van der Waals surface area contributed by atoms with Gasteiger partial charge in [-0.25, -0.2) is 0 Å². The van der Waals surface area contributed by atoms with Crippen molar-refractivity contribution >= 4 is 37.3 Å². The Balaban J connectivity index is 0.000000396. The molecule has 0 radical (unpaired) electrons. The summed E-state index contributed by atoms with van der Waals surface area (Å²) in [6.45, 7) is 3.07. The van der Waals surface area contributed by atoms with Crippen molar-refractivity contribution in [2.24, 2.45) is 0 Å². The number of rotatable bonds is 2. The molecule has 0 unspecified atom stereocenters. The van der Waals surface area contributed by atoms with Crippen molar-refractivity contribution in [3.8, 4) is 0 Å². The number of aryl methyl sites for hydroxylation is 1. The molecule has 0 aliphatic heterocycles. The van der Waals surface area contributed by atoms with E-state index >= 15 is 0 Å². The quantitative estimate of drug-likeness (QED) is 0.718. The zero-order valence-electron chi connectivity index (χ0n) is 12.0. The third-order valence-corrected chi connectivity index (χ3v) is 3.71. The third-order valence-electron chi connectivity index (χ3n) is 3.26. The lowest BCUT2D eigenvalue weighted by Gasteiger charge is -2.07. The Hall–Kier alpha value is -1.92. The van der Waals surface area contributed by atoms with Crippen LogP contribution in [0, 0.1) is 11.7 Å². The highest BCUT2D eigenvalue weighted by atomic mass is 79.9. The molecule has 6 heteroatoms. The summed E-state index contributed by atoms with van der Waals surface area (Å²) in [6.07, 6.45) is 2.16. The van der Waals surface area contributed by atoms with E-state index in [0.29, 0.717) is 0 Å². The summed E-state index contributed by atoms with van der Waals surface area (Å²) in [6, 6.07) is 17.1. The largest absolute Gasteiger partial charge is 0.343 e. The van der Waals surface area contributed by atoms with E-state index in [-0.39, 0.29) is 0 Å². The summed E-state index contributed by atoms with van der Waals surface area (Å²) in [4.78, 5) is 0. The number of benzene rings is 2. The van der Waals surface area contributed by atoms with E-state index < -0.39 is 10.5 Å². The number of halogens is 1. The SMILES string of the molecule is Cc1cc(Br)cc2c1ccn2Cc1ccccc1.N=S(=O)=O. The van der Waals surface area contributed by atoms with E-state index in [1.165, 1.54) is 22.0 Å². The van der Waals surface area contributed by atoms with Crippen LogP contribution in [0.25, 0.3) is 10.9 Å². The number of nitrogens with zero attached hydrogens (tertiary/aromatic N) is 1. The number of hydrogen-bond acceptors (Lipinski definition) is 3. The van der Waals surface area contributed by atoms with Gasteiger partial charge in [0.2, 0.25) is 0 Å². The van der Waals surface area contributed by atoms with Gasteiger partial charge in [0, 0.05) is 28.1 Å². The molecule has 0 spiro atoms. The number of aromatic nitrogens is 1. The molecular weight excluding hydrogens is 364 g/mol.